The lowest BCUT2D eigenvalue weighted by molar-refractivity contribution is 0.369. The van der Waals surface area contributed by atoms with E-state index in [9.17, 15) is 5.11 Å². The van der Waals surface area contributed by atoms with Gasteiger partial charge in [-0.1, -0.05) is 25.0 Å². The Balaban J connectivity index is 1.32. The zero-order valence-corrected chi connectivity index (χ0v) is 18.5. The molecule has 2 aliphatic heterocycles. The van der Waals surface area contributed by atoms with Gasteiger partial charge < -0.3 is 25.1 Å². The van der Waals surface area contributed by atoms with Gasteiger partial charge in [-0.05, 0) is 42.7 Å². The number of benzene rings is 1. The van der Waals surface area contributed by atoms with Crippen molar-refractivity contribution in [1.29, 1.82) is 0 Å². The molecule has 7 heteroatoms. The topological polar surface area (TPSA) is 67.2 Å². The van der Waals surface area contributed by atoms with Gasteiger partial charge in [0.25, 0.3) is 0 Å². The standard InChI is InChI=1S/C24H34N6O/c1-25-24(30-16-14-28(15-17-30)21-8-4-5-9-22(21)31)27-19-20-10-11-26-23(18-20)29-12-6-2-3-7-13-29/h4-5,8-11,18,31H,2-3,6-7,12-17,19H2,1H3,(H,25,27). The molecule has 0 spiro atoms. The normalized spacial score (nSPS) is 18.1. The molecule has 4 rings (SSSR count). The Hall–Kier alpha value is -2.96. The molecule has 0 aliphatic carbocycles. The van der Waals surface area contributed by atoms with Crippen molar-refractivity contribution >= 4 is 17.5 Å². The number of phenols is 1. The molecule has 31 heavy (non-hydrogen) atoms. The molecule has 2 N–H and O–H groups in total. The second kappa shape index (κ2) is 10.4. The average Bonchev–Trinajstić information content (AvgIpc) is 3.10. The van der Waals surface area contributed by atoms with Crippen molar-refractivity contribution in [3.05, 3.63) is 48.2 Å². The molecule has 1 aromatic heterocycles. The summed E-state index contributed by atoms with van der Waals surface area (Å²) in [5.41, 5.74) is 2.13. The highest BCUT2D eigenvalue weighted by molar-refractivity contribution is 5.80. The third-order valence-electron chi connectivity index (χ3n) is 6.20. The zero-order chi connectivity index (χ0) is 21.5. The predicted molar refractivity (Wildman–Crippen MR) is 127 cm³/mol. The lowest BCUT2D eigenvalue weighted by atomic mass is 10.2. The van der Waals surface area contributed by atoms with Crippen LogP contribution in [0.25, 0.3) is 0 Å². The minimum atomic E-state index is 0.344. The number of hydrogen-bond donors (Lipinski definition) is 2. The summed E-state index contributed by atoms with van der Waals surface area (Å²) >= 11 is 0. The Kier molecular flexibility index (Phi) is 7.12. The van der Waals surface area contributed by atoms with Crippen molar-refractivity contribution in [2.24, 2.45) is 4.99 Å². The highest BCUT2D eigenvalue weighted by Crippen LogP contribution is 2.27. The molecule has 2 saturated heterocycles. The number of para-hydroxylation sites is 2. The summed E-state index contributed by atoms with van der Waals surface area (Å²) in [5.74, 6) is 2.36. The largest absolute Gasteiger partial charge is 0.506 e. The van der Waals surface area contributed by atoms with Crippen LogP contribution in [0.1, 0.15) is 31.2 Å². The minimum Gasteiger partial charge on any atom is -0.506 e. The van der Waals surface area contributed by atoms with E-state index in [1.807, 2.05) is 31.4 Å². The van der Waals surface area contributed by atoms with E-state index in [1.54, 1.807) is 6.07 Å². The first-order valence-corrected chi connectivity index (χ1v) is 11.4. The Bertz CT molecular complexity index is 870. The second-order valence-corrected chi connectivity index (χ2v) is 8.29. The van der Waals surface area contributed by atoms with Crippen molar-refractivity contribution in [2.45, 2.75) is 32.2 Å². The van der Waals surface area contributed by atoms with Crippen molar-refractivity contribution in [2.75, 3.05) is 56.1 Å². The van der Waals surface area contributed by atoms with E-state index in [0.29, 0.717) is 5.75 Å². The number of pyridine rings is 1. The number of piperazine rings is 1. The van der Waals surface area contributed by atoms with Crippen molar-refractivity contribution in [1.82, 2.24) is 15.2 Å². The molecular formula is C24H34N6O. The number of aromatic hydroxyl groups is 1. The smallest absolute Gasteiger partial charge is 0.194 e. The van der Waals surface area contributed by atoms with E-state index >= 15 is 0 Å². The summed E-state index contributed by atoms with van der Waals surface area (Å²) < 4.78 is 0. The van der Waals surface area contributed by atoms with E-state index < -0.39 is 0 Å². The Morgan fingerprint density at radius 3 is 2.42 bits per heavy atom. The molecule has 0 atom stereocenters. The van der Waals surface area contributed by atoms with Crippen LogP contribution in [0.4, 0.5) is 11.5 Å². The van der Waals surface area contributed by atoms with E-state index in [-0.39, 0.29) is 0 Å². The molecule has 2 aliphatic rings. The number of nitrogens with one attached hydrogen (secondary N) is 1. The molecule has 0 unspecified atom stereocenters. The predicted octanol–water partition coefficient (Wildman–Crippen LogP) is 3.07. The number of hydrogen-bond acceptors (Lipinski definition) is 5. The van der Waals surface area contributed by atoms with E-state index in [2.05, 4.69) is 42.1 Å². The summed E-state index contributed by atoms with van der Waals surface area (Å²) in [4.78, 5) is 16.1. The van der Waals surface area contributed by atoms with Crippen LogP contribution in [0.2, 0.25) is 0 Å². The second-order valence-electron chi connectivity index (χ2n) is 8.29. The van der Waals surface area contributed by atoms with Crippen LogP contribution in [0.5, 0.6) is 5.75 Å². The molecule has 0 radical (unpaired) electrons. The van der Waals surface area contributed by atoms with Crippen LogP contribution >= 0.6 is 0 Å². The fraction of sp³-hybridized carbons (Fsp3) is 0.500. The maximum absolute atomic E-state index is 10.1. The third kappa shape index (κ3) is 5.40. The van der Waals surface area contributed by atoms with Crippen LogP contribution in [-0.2, 0) is 6.54 Å². The van der Waals surface area contributed by atoms with Gasteiger partial charge in [0.2, 0.25) is 0 Å². The van der Waals surface area contributed by atoms with Gasteiger partial charge in [0, 0.05) is 59.1 Å². The van der Waals surface area contributed by atoms with Crippen LogP contribution in [0, 0.1) is 0 Å². The van der Waals surface area contributed by atoms with E-state index in [4.69, 9.17) is 0 Å². The molecule has 0 amide bonds. The summed E-state index contributed by atoms with van der Waals surface area (Å²) in [6.45, 7) is 6.38. The highest BCUT2D eigenvalue weighted by atomic mass is 16.3. The lowest BCUT2D eigenvalue weighted by Gasteiger charge is -2.37. The number of rotatable bonds is 4. The van der Waals surface area contributed by atoms with Crippen LogP contribution < -0.4 is 15.1 Å². The van der Waals surface area contributed by atoms with Gasteiger partial charge in [0.15, 0.2) is 5.96 Å². The third-order valence-corrected chi connectivity index (χ3v) is 6.20. The molecule has 2 aromatic rings. The molecule has 1 aromatic carbocycles. The number of anilines is 2. The van der Waals surface area contributed by atoms with Crippen LogP contribution in [0.15, 0.2) is 47.6 Å². The van der Waals surface area contributed by atoms with E-state index in [0.717, 1.165) is 63.3 Å². The van der Waals surface area contributed by atoms with Gasteiger partial charge in [-0.2, -0.15) is 0 Å². The SMILES string of the molecule is CN=C(NCc1ccnc(N2CCCCCC2)c1)N1CCN(c2ccccc2O)CC1. The maximum atomic E-state index is 10.1. The fourth-order valence-electron chi connectivity index (χ4n) is 4.45. The maximum Gasteiger partial charge on any atom is 0.194 e. The first kappa shape index (κ1) is 21.3. The van der Waals surface area contributed by atoms with Crippen molar-refractivity contribution in [3.63, 3.8) is 0 Å². The number of aliphatic imine (C=N–C) groups is 1. The lowest BCUT2D eigenvalue weighted by Crippen LogP contribution is -2.52. The molecule has 2 fully saturated rings. The number of aromatic nitrogens is 1. The summed E-state index contributed by atoms with van der Waals surface area (Å²) in [7, 11) is 1.84. The van der Waals surface area contributed by atoms with Gasteiger partial charge in [-0.15, -0.1) is 0 Å². The number of nitrogens with zero attached hydrogens (tertiary/aromatic N) is 5. The Labute approximate surface area is 185 Å². The Morgan fingerprint density at radius 1 is 0.968 bits per heavy atom. The average molecular weight is 423 g/mol. The molecular weight excluding hydrogens is 388 g/mol. The van der Waals surface area contributed by atoms with Crippen molar-refractivity contribution in [3.8, 4) is 5.75 Å². The molecule has 3 heterocycles. The van der Waals surface area contributed by atoms with Gasteiger partial charge >= 0.3 is 0 Å². The summed E-state index contributed by atoms with van der Waals surface area (Å²) in [6, 6.07) is 11.8. The Morgan fingerprint density at radius 2 is 1.71 bits per heavy atom. The zero-order valence-electron chi connectivity index (χ0n) is 18.5. The first-order valence-electron chi connectivity index (χ1n) is 11.4. The quantitative estimate of drug-likeness (QED) is 0.583. The molecule has 0 bridgehead atoms. The summed E-state index contributed by atoms with van der Waals surface area (Å²) in [5, 5.41) is 13.7. The molecule has 0 saturated carbocycles. The first-order chi connectivity index (χ1) is 15.2. The van der Waals surface area contributed by atoms with Crippen LogP contribution in [-0.4, -0.2) is 67.3 Å². The fourth-order valence-corrected chi connectivity index (χ4v) is 4.45. The summed E-state index contributed by atoms with van der Waals surface area (Å²) in [6.07, 6.45) is 7.08. The highest BCUT2D eigenvalue weighted by Gasteiger charge is 2.21. The molecule has 166 valence electrons. The van der Waals surface area contributed by atoms with E-state index in [1.165, 1.54) is 31.2 Å². The van der Waals surface area contributed by atoms with Gasteiger partial charge in [0.1, 0.15) is 11.6 Å². The van der Waals surface area contributed by atoms with Gasteiger partial charge in [-0.25, -0.2) is 4.98 Å². The van der Waals surface area contributed by atoms with Gasteiger partial charge in [0.05, 0.1) is 5.69 Å². The van der Waals surface area contributed by atoms with Gasteiger partial charge in [-0.3, -0.25) is 4.99 Å². The molecule has 7 nitrogen and oxygen atoms in total. The number of guanidine groups is 1. The van der Waals surface area contributed by atoms with Crippen molar-refractivity contribution < 1.29 is 5.11 Å². The monoisotopic (exact) mass is 422 g/mol. The number of phenolic OH excluding ortho intramolecular Hbond substituents is 1. The van der Waals surface area contributed by atoms with Crippen LogP contribution in [0.3, 0.4) is 0 Å². The minimum absolute atomic E-state index is 0.344.